The van der Waals surface area contributed by atoms with Gasteiger partial charge < -0.3 is 5.32 Å². The average Bonchev–Trinajstić information content (AvgIpc) is 2.21. The quantitative estimate of drug-likeness (QED) is 0.725. The van der Waals surface area contributed by atoms with Crippen LogP contribution < -0.4 is 5.32 Å². The zero-order valence-corrected chi connectivity index (χ0v) is 7.48. The molecular weight excluding hydrogens is 162 g/mol. The molecule has 0 aromatic carbocycles. The van der Waals surface area contributed by atoms with E-state index in [1.54, 1.807) is 6.20 Å². The molecule has 0 fully saturated rings. The van der Waals surface area contributed by atoms with Gasteiger partial charge in [0.25, 0.3) is 0 Å². The predicted molar refractivity (Wildman–Crippen MR) is 51.8 cm³/mol. The lowest BCUT2D eigenvalue weighted by Gasteiger charge is -2.23. The van der Waals surface area contributed by atoms with Crippen LogP contribution in [0.4, 0.5) is 0 Å². The molecule has 1 aliphatic heterocycles. The van der Waals surface area contributed by atoms with Crippen LogP contribution in [0.15, 0.2) is 36.8 Å². The Labute approximate surface area is 78.1 Å². The van der Waals surface area contributed by atoms with Crippen molar-refractivity contribution in [2.45, 2.75) is 6.54 Å². The molecule has 2 rings (SSSR count). The van der Waals surface area contributed by atoms with Gasteiger partial charge in [-0.25, -0.2) is 0 Å². The number of hydrogen-bond acceptors (Lipinski definition) is 3. The molecule has 0 radical (unpaired) electrons. The van der Waals surface area contributed by atoms with E-state index in [9.17, 15) is 0 Å². The number of nitrogens with one attached hydrogen (secondary N) is 1. The number of aromatic nitrogens is 1. The summed E-state index contributed by atoms with van der Waals surface area (Å²) in [6.45, 7) is 2.90. The SMILES string of the molecule is C1=CNCN(Cc2cccnc2)C1. The fourth-order valence-electron chi connectivity index (χ4n) is 1.40. The van der Waals surface area contributed by atoms with Crippen LogP contribution in [0.3, 0.4) is 0 Å². The zero-order chi connectivity index (χ0) is 8.93. The lowest BCUT2D eigenvalue weighted by molar-refractivity contribution is 0.272. The lowest BCUT2D eigenvalue weighted by Crippen LogP contribution is -2.34. The minimum absolute atomic E-state index is 0.922. The monoisotopic (exact) mass is 175 g/mol. The summed E-state index contributed by atoms with van der Waals surface area (Å²) in [6, 6.07) is 4.08. The first-order valence-corrected chi connectivity index (χ1v) is 4.45. The summed E-state index contributed by atoms with van der Waals surface area (Å²) in [5.74, 6) is 0. The molecule has 0 saturated heterocycles. The van der Waals surface area contributed by atoms with E-state index in [0.29, 0.717) is 0 Å². The molecule has 1 N–H and O–H groups in total. The summed E-state index contributed by atoms with van der Waals surface area (Å²) >= 11 is 0. The first-order valence-electron chi connectivity index (χ1n) is 4.45. The third-order valence-corrected chi connectivity index (χ3v) is 2.04. The van der Waals surface area contributed by atoms with Crippen molar-refractivity contribution in [2.24, 2.45) is 0 Å². The van der Waals surface area contributed by atoms with Crippen LogP contribution in [0.5, 0.6) is 0 Å². The van der Waals surface area contributed by atoms with Gasteiger partial charge >= 0.3 is 0 Å². The van der Waals surface area contributed by atoms with E-state index < -0.39 is 0 Å². The van der Waals surface area contributed by atoms with Gasteiger partial charge in [-0.3, -0.25) is 9.88 Å². The average molecular weight is 175 g/mol. The van der Waals surface area contributed by atoms with E-state index in [4.69, 9.17) is 0 Å². The van der Waals surface area contributed by atoms with Crippen LogP contribution in [0.1, 0.15) is 5.56 Å². The van der Waals surface area contributed by atoms with Crippen LogP contribution in [-0.2, 0) is 6.54 Å². The second kappa shape index (κ2) is 4.05. The van der Waals surface area contributed by atoms with Crippen molar-refractivity contribution in [3.05, 3.63) is 42.4 Å². The van der Waals surface area contributed by atoms with Crippen molar-refractivity contribution in [2.75, 3.05) is 13.2 Å². The molecule has 1 aliphatic rings. The highest BCUT2D eigenvalue weighted by atomic mass is 15.2. The number of rotatable bonds is 2. The molecule has 0 atom stereocenters. The van der Waals surface area contributed by atoms with Crippen LogP contribution in [0.25, 0.3) is 0 Å². The molecule has 0 bridgehead atoms. The maximum atomic E-state index is 4.09. The molecule has 2 heterocycles. The second-order valence-electron chi connectivity index (χ2n) is 3.14. The van der Waals surface area contributed by atoms with Crippen LogP contribution in [0, 0.1) is 0 Å². The topological polar surface area (TPSA) is 28.2 Å². The Morgan fingerprint density at radius 1 is 1.54 bits per heavy atom. The van der Waals surface area contributed by atoms with Crippen molar-refractivity contribution in [1.82, 2.24) is 15.2 Å². The predicted octanol–water partition coefficient (Wildman–Crippen LogP) is 0.958. The summed E-state index contributed by atoms with van der Waals surface area (Å²) in [5, 5.41) is 3.18. The molecule has 1 aromatic heterocycles. The highest BCUT2D eigenvalue weighted by Gasteiger charge is 2.05. The van der Waals surface area contributed by atoms with E-state index in [2.05, 4.69) is 27.3 Å². The molecule has 3 nitrogen and oxygen atoms in total. The molecule has 0 unspecified atom stereocenters. The van der Waals surface area contributed by atoms with E-state index in [0.717, 1.165) is 19.8 Å². The van der Waals surface area contributed by atoms with Gasteiger partial charge in [-0.05, 0) is 17.8 Å². The molecule has 3 heteroatoms. The third-order valence-electron chi connectivity index (χ3n) is 2.04. The fourth-order valence-corrected chi connectivity index (χ4v) is 1.40. The molecule has 68 valence electrons. The van der Waals surface area contributed by atoms with Crippen LogP contribution in [-0.4, -0.2) is 23.1 Å². The van der Waals surface area contributed by atoms with Crippen LogP contribution in [0.2, 0.25) is 0 Å². The van der Waals surface area contributed by atoms with Gasteiger partial charge in [0.15, 0.2) is 0 Å². The van der Waals surface area contributed by atoms with Gasteiger partial charge in [-0.15, -0.1) is 0 Å². The van der Waals surface area contributed by atoms with Crippen LogP contribution >= 0.6 is 0 Å². The highest BCUT2D eigenvalue weighted by Crippen LogP contribution is 2.03. The molecule has 0 amide bonds. The van der Waals surface area contributed by atoms with Gasteiger partial charge in [0, 0.05) is 25.5 Å². The van der Waals surface area contributed by atoms with Crippen molar-refractivity contribution in [1.29, 1.82) is 0 Å². The molecule has 0 saturated carbocycles. The largest absolute Gasteiger partial charge is 0.378 e. The molecule has 0 spiro atoms. The summed E-state index contributed by atoms with van der Waals surface area (Å²) in [6.07, 6.45) is 7.84. The van der Waals surface area contributed by atoms with E-state index >= 15 is 0 Å². The van der Waals surface area contributed by atoms with Gasteiger partial charge in [0.05, 0.1) is 6.67 Å². The normalized spacial score (nSPS) is 16.9. The first kappa shape index (κ1) is 8.26. The third kappa shape index (κ3) is 2.29. The van der Waals surface area contributed by atoms with Crippen molar-refractivity contribution < 1.29 is 0 Å². The Morgan fingerprint density at radius 2 is 2.54 bits per heavy atom. The smallest absolute Gasteiger partial charge is 0.0678 e. The number of hydrogen-bond donors (Lipinski definition) is 1. The summed E-state index contributed by atoms with van der Waals surface area (Å²) in [7, 11) is 0. The van der Waals surface area contributed by atoms with Gasteiger partial charge in [0.2, 0.25) is 0 Å². The Kier molecular flexibility index (Phi) is 2.57. The van der Waals surface area contributed by atoms with E-state index in [1.165, 1.54) is 5.56 Å². The number of nitrogens with zero attached hydrogens (tertiary/aromatic N) is 2. The maximum Gasteiger partial charge on any atom is 0.0678 e. The minimum Gasteiger partial charge on any atom is -0.378 e. The lowest BCUT2D eigenvalue weighted by atomic mass is 10.2. The van der Waals surface area contributed by atoms with Crippen molar-refractivity contribution in [3.8, 4) is 0 Å². The Bertz CT molecular complexity index is 281. The molecule has 13 heavy (non-hydrogen) atoms. The zero-order valence-electron chi connectivity index (χ0n) is 7.48. The summed E-state index contributed by atoms with van der Waals surface area (Å²) in [4.78, 5) is 6.40. The van der Waals surface area contributed by atoms with Gasteiger partial charge in [-0.2, -0.15) is 0 Å². The minimum atomic E-state index is 0.922. The standard InChI is InChI=1S/C10H13N3/c1-3-10(7-11-4-1)8-13-6-2-5-12-9-13/h1-5,7,12H,6,8-9H2. The van der Waals surface area contributed by atoms with Crippen molar-refractivity contribution in [3.63, 3.8) is 0 Å². The molecule has 1 aromatic rings. The fraction of sp³-hybridized carbons (Fsp3) is 0.300. The molecule has 0 aliphatic carbocycles. The summed E-state index contributed by atoms with van der Waals surface area (Å²) in [5.41, 5.74) is 1.26. The maximum absolute atomic E-state index is 4.09. The second-order valence-corrected chi connectivity index (χ2v) is 3.14. The molecular formula is C10H13N3. The van der Waals surface area contributed by atoms with Gasteiger partial charge in [-0.1, -0.05) is 12.1 Å². The van der Waals surface area contributed by atoms with Crippen molar-refractivity contribution >= 4 is 0 Å². The van der Waals surface area contributed by atoms with E-state index in [1.807, 2.05) is 18.5 Å². The Morgan fingerprint density at radius 3 is 3.23 bits per heavy atom. The highest BCUT2D eigenvalue weighted by molar-refractivity contribution is 5.08. The summed E-state index contributed by atoms with van der Waals surface area (Å²) < 4.78 is 0. The Hall–Kier alpha value is -1.35. The first-order chi connectivity index (χ1) is 6.45. The number of pyridine rings is 1. The van der Waals surface area contributed by atoms with Gasteiger partial charge in [0.1, 0.15) is 0 Å². The van der Waals surface area contributed by atoms with E-state index in [-0.39, 0.29) is 0 Å². The Balaban J connectivity index is 1.94.